The Hall–Kier alpha value is -0.860. The van der Waals surface area contributed by atoms with Crippen molar-refractivity contribution in [2.75, 3.05) is 6.61 Å². The van der Waals surface area contributed by atoms with Gasteiger partial charge in [-0.25, -0.2) is 0 Å². The summed E-state index contributed by atoms with van der Waals surface area (Å²) < 4.78 is 5.95. The number of ether oxygens (including phenoxy) is 1. The Kier molecular flexibility index (Phi) is 6.46. The molecule has 0 spiro atoms. The van der Waals surface area contributed by atoms with Gasteiger partial charge in [0, 0.05) is 0 Å². The predicted molar refractivity (Wildman–Crippen MR) is 92.8 cm³/mol. The van der Waals surface area contributed by atoms with E-state index >= 15 is 0 Å². The summed E-state index contributed by atoms with van der Waals surface area (Å²) in [5, 5.41) is 10.3. The Balaban J connectivity index is 2.15. The summed E-state index contributed by atoms with van der Waals surface area (Å²) in [5.41, 5.74) is 5.68. The highest BCUT2D eigenvalue weighted by Gasteiger charge is 2.22. The zero-order chi connectivity index (χ0) is 16.1. The normalized spacial score (nSPS) is 36.9. The molecule has 0 radical (unpaired) electrons. The van der Waals surface area contributed by atoms with Crippen LogP contribution in [0.15, 0.2) is 34.4 Å². The second kappa shape index (κ2) is 8.12. The number of hydrogen-bond acceptors (Lipinski definition) is 2. The number of hydrogen-bond donors (Lipinski definition) is 1. The van der Waals surface area contributed by atoms with Crippen LogP contribution in [-0.4, -0.2) is 23.9 Å². The summed E-state index contributed by atoms with van der Waals surface area (Å²) >= 11 is 0. The molecule has 1 N–H and O–H groups in total. The molecule has 22 heavy (non-hydrogen) atoms. The Morgan fingerprint density at radius 2 is 1.82 bits per heavy atom. The molecular formula is C20H32O2. The molecule has 0 unspecified atom stereocenters. The van der Waals surface area contributed by atoms with Crippen LogP contribution in [0.5, 0.6) is 0 Å². The molecule has 0 amide bonds. The highest BCUT2D eigenvalue weighted by Crippen LogP contribution is 2.29. The summed E-state index contributed by atoms with van der Waals surface area (Å²) in [4.78, 5) is 0. The first kappa shape index (κ1) is 17.5. The second-order valence-electron chi connectivity index (χ2n) is 7.26. The van der Waals surface area contributed by atoms with Gasteiger partial charge in [-0.2, -0.15) is 0 Å². The fourth-order valence-electron chi connectivity index (χ4n) is 3.38. The van der Waals surface area contributed by atoms with Gasteiger partial charge < -0.3 is 9.84 Å². The van der Waals surface area contributed by atoms with Gasteiger partial charge >= 0.3 is 0 Å². The smallest absolute Gasteiger partial charge is 0.0977 e. The molecule has 0 fully saturated rings. The fraction of sp³-hybridized carbons (Fsp3) is 0.700. The molecule has 1 heterocycles. The van der Waals surface area contributed by atoms with Crippen molar-refractivity contribution in [3.63, 3.8) is 0 Å². The molecule has 3 atom stereocenters. The summed E-state index contributed by atoms with van der Waals surface area (Å²) in [6.45, 7) is 9.54. The quantitative estimate of drug-likeness (QED) is 0.642. The molecule has 1 aliphatic heterocycles. The molecule has 0 aromatic rings. The lowest BCUT2D eigenvalue weighted by atomic mass is 9.91. The van der Waals surface area contributed by atoms with Crippen molar-refractivity contribution >= 4 is 0 Å². The van der Waals surface area contributed by atoms with Crippen LogP contribution in [0.2, 0.25) is 0 Å². The highest BCUT2D eigenvalue weighted by molar-refractivity contribution is 5.28. The minimum Gasteiger partial charge on any atom is -0.393 e. The molecule has 1 aliphatic carbocycles. The van der Waals surface area contributed by atoms with Crippen molar-refractivity contribution in [3.05, 3.63) is 34.4 Å². The largest absolute Gasteiger partial charge is 0.393 e. The lowest BCUT2D eigenvalue weighted by molar-refractivity contribution is 0.103. The van der Waals surface area contributed by atoms with E-state index in [1.165, 1.54) is 22.3 Å². The van der Waals surface area contributed by atoms with Crippen LogP contribution in [0.3, 0.4) is 0 Å². The average molecular weight is 304 g/mol. The van der Waals surface area contributed by atoms with E-state index in [2.05, 4.69) is 39.8 Å². The van der Waals surface area contributed by atoms with Gasteiger partial charge in [-0.3, -0.25) is 0 Å². The van der Waals surface area contributed by atoms with E-state index in [-0.39, 0.29) is 12.2 Å². The molecular weight excluding hydrogens is 272 g/mol. The Bertz CT molecular complexity index is 470. The summed E-state index contributed by atoms with van der Waals surface area (Å²) in [5.74, 6) is 0.375. The number of allylic oxidation sites excluding steroid dienone is 3. The van der Waals surface area contributed by atoms with Gasteiger partial charge in [-0.15, -0.1) is 0 Å². The van der Waals surface area contributed by atoms with Crippen LogP contribution in [-0.2, 0) is 4.74 Å². The SMILES string of the molecule is CC1=C2CC/C(C)=C/CC[C@@H](C)[C@@H](O)CC/C(C)=C/[C@@H]2OC1. The Labute approximate surface area is 136 Å². The molecule has 0 aromatic carbocycles. The van der Waals surface area contributed by atoms with Crippen molar-refractivity contribution in [2.45, 2.75) is 78.4 Å². The fourth-order valence-corrected chi connectivity index (χ4v) is 3.38. The summed E-state index contributed by atoms with van der Waals surface area (Å²) in [7, 11) is 0. The first-order valence-electron chi connectivity index (χ1n) is 8.78. The van der Waals surface area contributed by atoms with Crippen molar-refractivity contribution in [3.8, 4) is 0 Å². The van der Waals surface area contributed by atoms with Gasteiger partial charge in [0.15, 0.2) is 0 Å². The monoisotopic (exact) mass is 304 g/mol. The Morgan fingerprint density at radius 3 is 2.59 bits per heavy atom. The van der Waals surface area contributed by atoms with E-state index in [0.29, 0.717) is 5.92 Å². The van der Waals surface area contributed by atoms with Crippen LogP contribution < -0.4 is 0 Å². The average Bonchev–Trinajstić information content (AvgIpc) is 2.82. The number of fused-ring (bicyclic) bond motifs is 1. The van der Waals surface area contributed by atoms with Crippen LogP contribution in [0.25, 0.3) is 0 Å². The maximum Gasteiger partial charge on any atom is 0.0977 e. The van der Waals surface area contributed by atoms with Gasteiger partial charge in [0.2, 0.25) is 0 Å². The maximum absolute atomic E-state index is 10.3. The topological polar surface area (TPSA) is 29.5 Å². The zero-order valence-corrected chi connectivity index (χ0v) is 14.7. The summed E-state index contributed by atoms with van der Waals surface area (Å²) in [6.07, 6.45) is 10.8. The van der Waals surface area contributed by atoms with Gasteiger partial charge in [-0.1, -0.05) is 30.2 Å². The number of aliphatic hydroxyl groups excluding tert-OH is 1. The molecule has 2 rings (SSSR count). The van der Waals surface area contributed by atoms with E-state index in [0.717, 1.165) is 45.1 Å². The molecule has 2 nitrogen and oxygen atoms in total. The lowest BCUT2D eigenvalue weighted by Gasteiger charge is -2.20. The molecule has 2 heteroatoms. The third-order valence-corrected chi connectivity index (χ3v) is 5.20. The van der Waals surface area contributed by atoms with Gasteiger partial charge in [0.25, 0.3) is 0 Å². The van der Waals surface area contributed by atoms with E-state index in [1.807, 2.05) is 0 Å². The predicted octanol–water partition coefficient (Wildman–Crippen LogP) is 4.95. The molecule has 124 valence electrons. The minimum atomic E-state index is -0.193. The van der Waals surface area contributed by atoms with Gasteiger partial charge in [-0.05, 0) is 76.4 Å². The van der Waals surface area contributed by atoms with Crippen molar-refractivity contribution in [2.24, 2.45) is 5.92 Å². The standard InChI is InChI=1S/C20H32O2/c1-14-6-5-7-16(3)19(21)11-9-15(2)12-20-18(10-8-14)17(4)13-22-20/h6,12,16,19-21H,5,7-11,13H2,1-4H3/b14-6+,15-12+/t16-,19+,20+/m1/s1. The molecule has 0 aromatic heterocycles. The van der Waals surface area contributed by atoms with Gasteiger partial charge in [0.1, 0.15) is 0 Å². The van der Waals surface area contributed by atoms with Crippen molar-refractivity contribution in [1.82, 2.24) is 0 Å². The zero-order valence-electron chi connectivity index (χ0n) is 14.7. The lowest BCUT2D eigenvalue weighted by Crippen LogP contribution is -2.17. The minimum absolute atomic E-state index is 0.158. The third-order valence-electron chi connectivity index (χ3n) is 5.20. The van der Waals surface area contributed by atoms with Crippen molar-refractivity contribution in [1.29, 1.82) is 0 Å². The Morgan fingerprint density at radius 1 is 1.05 bits per heavy atom. The first-order valence-corrected chi connectivity index (χ1v) is 8.78. The molecule has 0 saturated carbocycles. The number of aliphatic hydroxyl groups is 1. The summed E-state index contributed by atoms with van der Waals surface area (Å²) in [6, 6.07) is 0. The maximum atomic E-state index is 10.3. The van der Waals surface area contributed by atoms with Crippen molar-refractivity contribution < 1.29 is 9.84 Å². The highest BCUT2D eigenvalue weighted by atomic mass is 16.5. The molecule has 0 bridgehead atoms. The van der Waals surface area contributed by atoms with Crippen LogP contribution in [0.4, 0.5) is 0 Å². The van der Waals surface area contributed by atoms with E-state index in [4.69, 9.17) is 4.74 Å². The van der Waals surface area contributed by atoms with Crippen LogP contribution >= 0.6 is 0 Å². The second-order valence-corrected chi connectivity index (χ2v) is 7.26. The van der Waals surface area contributed by atoms with E-state index in [1.54, 1.807) is 0 Å². The molecule has 2 aliphatic rings. The number of rotatable bonds is 0. The van der Waals surface area contributed by atoms with E-state index in [9.17, 15) is 5.11 Å². The van der Waals surface area contributed by atoms with Crippen LogP contribution in [0, 0.1) is 5.92 Å². The van der Waals surface area contributed by atoms with Crippen LogP contribution in [0.1, 0.15) is 66.2 Å². The van der Waals surface area contributed by atoms with Gasteiger partial charge in [0.05, 0.1) is 18.8 Å². The van der Waals surface area contributed by atoms with E-state index < -0.39 is 0 Å². The molecule has 0 saturated heterocycles. The third kappa shape index (κ3) is 4.82. The first-order chi connectivity index (χ1) is 10.5.